The van der Waals surface area contributed by atoms with Crippen molar-refractivity contribution in [3.63, 3.8) is 0 Å². The number of alkyl halides is 3. The molecule has 5 rings (SSSR count). The molecule has 39 heavy (non-hydrogen) atoms. The molecular formula is C25H26ClF4N5O4. The summed E-state index contributed by atoms with van der Waals surface area (Å²) in [4.78, 5) is 21.0. The largest absolute Gasteiger partial charge is 0.438 e. The monoisotopic (exact) mass is 571 g/mol. The highest BCUT2D eigenvalue weighted by molar-refractivity contribution is 6.33. The number of likely N-dealkylation sites (N-methyl/N-ethyl adjacent to an activating group) is 1. The molecule has 14 heteroatoms. The van der Waals surface area contributed by atoms with Crippen LogP contribution >= 0.6 is 11.6 Å². The van der Waals surface area contributed by atoms with Crippen molar-refractivity contribution in [3.05, 3.63) is 62.4 Å². The van der Waals surface area contributed by atoms with E-state index in [9.17, 15) is 22.4 Å². The Labute approximate surface area is 226 Å². The summed E-state index contributed by atoms with van der Waals surface area (Å²) in [7, 11) is 3.13. The third kappa shape index (κ3) is 5.35. The molecular weight excluding hydrogens is 546 g/mol. The summed E-state index contributed by atoms with van der Waals surface area (Å²) in [6.45, 7) is 1.13. The van der Waals surface area contributed by atoms with Gasteiger partial charge in [-0.15, -0.1) is 0 Å². The summed E-state index contributed by atoms with van der Waals surface area (Å²) in [6.07, 6.45) is -1.86. The number of aliphatic imine (C=N–C) groups is 1. The standard InChI is InChI=1S/C25H26ClF4N5O4/c1-33-18-13-34(17-12-31-35(23(36)21(17)26)20-5-3-4-10-38-20)9-8-15(18)22(32-24(33)37-2)39-19-7-6-14(27)11-16(19)25(28,29)30/h6-7,11-12,20,24H,3-5,8-10,13H2,1-2H3. The van der Waals surface area contributed by atoms with Crippen LogP contribution in [0.15, 0.2) is 45.5 Å². The van der Waals surface area contributed by atoms with Crippen molar-refractivity contribution in [2.75, 3.05) is 38.8 Å². The quantitative estimate of drug-likeness (QED) is 0.497. The number of ether oxygens (including phenoxy) is 3. The molecule has 0 saturated carbocycles. The second-order valence-electron chi connectivity index (χ2n) is 9.36. The SMILES string of the molecule is COC1N=C(Oc2ccc(F)cc2C(F)(F)F)C2=C(CN(c3cnn(C4CCCCO4)c(=O)c3Cl)CC2)N1C. The van der Waals surface area contributed by atoms with E-state index in [1.54, 1.807) is 11.9 Å². The number of aromatic nitrogens is 2. The minimum absolute atomic E-state index is 0.00347. The lowest BCUT2D eigenvalue weighted by Gasteiger charge is -2.41. The van der Waals surface area contributed by atoms with Crippen LogP contribution < -0.4 is 15.2 Å². The van der Waals surface area contributed by atoms with Gasteiger partial charge in [-0.1, -0.05) is 11.6 Å². The zero-order valence-corrected chi connectivity index (χ0v) is 21.9. The van der Waals surface area contributed by atoms with Crippen LogP contribution in [0.1, 0.15) is 37.5 Å². The fraction of sp³-hybridized carbons (Fsp3) is 0.480. The lowest BCUT2D eigenvalue weighted by Crippen LogP contribution is -2.47. The average Bonchev–Trinajstić information content (AvgIpc) is 2.92. The summed E-state index contributed by atoms with van der Waals surface area (Å²) in [5.41, 5.74) is -0.0742. The Bertz CT molecular complexity index is 1370. The van der Waals surface area contributed by atoms with E-state index in [1.165, 1.54) is 18.0 Å². The first-order valence-electron chi connectivity index (χ1n) is 12.3. The molecule has 3 aliphatic rings. The van der Waals surface area contributed by atoms with Crippen molar-refractivity contribution in [3.8, 4) is 5.75 Å². The Balaban J connectivity index is 1.45. The molecule has 1 aromatic carbocycles. The van der Waals surface area contributed by atoms with Crippen molar-refractivity contribution >= 4 is 23.2 Å². The van der Waals surface area contributed by atoms with E-state index in [-0.39, 0.29) is 17.5 Å². The van der Waals surface area contributed by atoms with Crippen LogP contribution in [-0.4, -0.2) is 60.8 Å². The minimum Gasteiger partial charge on any atom is -0.438 e. The number of methoxy groups -OCH3 is 1. The minimum atomic E-state index is -4.84. The highest BCUT2D eigenvalue weighted by Gasteiger charge is 2.38. The van der Waals surface area contributed by atoms with E-state index in [1.807, 2.05) is 4.90 Å². The molecule has 1 saturated heterocycles. The van der Waals surface area contributed by atoms with Crippen molar-refractivity contribution in [1.82, 2.24) is 14.7 Å². The Morgan fingerprint density at radius 3 is 2.72 bits per heavy atom. The summed E-state index contributed by atoms with van der Waals surface area (Å²) in [5.74, 6) is -1.66. The first kappa shape index (κ1) is 27.4. The summed E-state index contributed by atoms with van der Waals surface area (Å²) in [5, 5.41) is 4.31. The molecule has 0 spiro atoms. The molecule has 2 atom stereocenters. The van der Waals surface area contributed by atoms with Gasteiger partial charge in [-0.3, -0.25) is 4.79 Å². The van der Waals surface area contributed by atoms with Crippen LogP contribution in [0.3, 0.4) is 0 Å². The van der Waals surface area contributed by atoms with Gasteiger partial charge in [0, 0.05) is 38.6 Å². The van der Waals surface area contributed by atoms with Crippen molar-refractivity contribution in [1.29, 1.82) is 0 Å². The number of halogens is 5. The molecule has 0 N–H and O–H groups in total. The van der Waals surface area contributed by atoms with Gasteiger partial charge in [0.1, 0.15) is 22.2 Å². The normalized spacial score (nSPS) is 22.1. The van der Waals surface area contributed by atoms with Crippen molar-refractivity contribution < 1.29 is 31.8 Å². The van der Waals surface area contributed by atoms with E-state index in [4.69, 9.17) is 25.8 Å². The van der Waals surface area contributed by atoms with Gasteiger partial charge >= 0.3 is 6.18 Å². The third-order valence-corrected chi connectivity index (χ3v) is 7.28. The molecule has 0 aliphatic carbocycles. The van der Waals surface area contributed by atoms with Crippen molar-refractivity contribution in [2.24, 2.45) is 4.99 Å². The molecule has 4 heterocycles. The molecule has 210 valence electrons. The Hall–Kier alpha value is -3.16. The molecule has 0 bridgehead atoms. The third-order valence-electron chi connectivity index (χ3n) is 6.92. The maximum absolute atomic E-state index is 13.6. The highest BCUT2D eigenvalue weighted by Crippen LogP contribution is 2.39. The highest BCUT2D eigenvalue weighted by atomic mass is 35.5. The number of anilines is 1. The number of nitrogens with zero attached hydrogens (tertiary/aromatic N) is 5. The zero-order valence-electron chi connectivity index (χ0n) is 21.2. The maximum Gasteiger partial charge on any atom is 0.420 e. The van der Waals surface area contributed by atoms with Crippen LogP contribution in [-0.2, 0) is 15.7 Å². The first-order valence-corrected chi connectivity index (χ1v) is 12.7. The molecule has 2 unspecified atom stereocenters. The fourth-order valence-electron chi connectivity index (χ4n) is 4.90. The molecule has 1 aromatic heterocycles. The number of hydrogen-bond donors (Lipinski definition) is 0. The maximum atomic E-state index is 13.6. The molecule has 2 aromatic rings. The number of benzene rings is 1. The van der Waals surface area contributed by atoms with E-state index in [0.717, 1.165) is 25.0 Å². The van der Waals surface area contributed by atoms with Crippen LogP contribution in [0.5, 0.6) is 5.75 Å². The van der Waals surface area contributed by atoms with Gasteiger partial charge in [0.2, 0.25) is 12.2 Å². The van der Waals surface area contributed by atoms with Crippen LogP contribution in [0, 0.1) is 5.82 Å². The summed E-state index contributed by atoms with van der Waals surface area (Å²) >= 11 is 6.52. The number of hydrogen-bond acceptors (Lipinski definition) is 8. The zero-order chi connectivity index (χ0) is 27.9. The van der Waals surface area contributed by atoms with Crippen LogP contribution in [0.25, 0.3) is 0 Å². The van der Waals surface area contributed by atoms with Gasteiger partial charge in [-0.25, -0.2) is 4.39 Å². The van der Waals surface area contributed by atoms with Crippen molar-refractivity contribution in [2.45, 2.75) is 44.4 Å². The molecule has 9 nitrogen and oxygen atoms in total. The van der Waals surface area contributed by atoms with Crippen LogP contribution in [0.4, 0.5) is 23.2 Å². The predicted molar refractivity (Wildman–Crippen MR) is 134 cm³/mol. The van der Waals surface area contributed by atoms with Crippen LogP contribution in [0.2, 0.25) is 5.02 Å². The van der Waals surface area contributed by atoms with E-state index >= 15 is 0 Å². The van der Waals surface area contributed by atoms with Gasteiger partial charge in [0.05, 0.1) is 18.4 Å². The fourth-order valence-corrected chi connectivity index (χ4v) is 5.15. The Morgan fingerprint density at radius 1 is 1.23 bits per heavy atom. The second-order valence-corrected chi connectivity index (χ2v) is 9.74. The van der Waals surface area contributed by atoms with E-state index < -0.39 is 41.4 Å². The van der Waals surface area contributed by atoms with Gasteiger partial charge in [0.25, 0.3) is 5.56 Å². The second kappa shape index (κ2) is 10.8. The summed E-state index contributed by atoms with van der Waals surface area (Å²) in [6, 6.07) is 2.19. The molecule has 0 amide bonds. The molecule has 3 aliphatic heterocycles. The predicted octanol–water partition coefficient (Wildman–Crippen LogP) is 4.57. The Kier molecular flexibility index (Phi) is 7.57. The van der Waals surface area contributed by atoms with Gasteiger partial charge < -0.3 is 24.0 Å². The van der Waals surface area contributed by atoms with E-state index in [2.05, 4.69) is 10.1 Å². The lowest BCUT2D eigenvalue weighted by atomic mass is 10.0. The molecule has 0 radical (unpaired) electrons. The van der Waals surface area contributed by atoms with E-state index in [0.29, 0.717) is 49.0 Å². The lowest BCUT2D eigenvalue weighted by molar-refractivity contribution is -0.138. The van der Waals surface area contributed by atoms with Gasteiger partial charge in [-0.2, -0.15) is 27.9 Å². The smallest absolute Gasteiger partial charge is 0.420 e. The summed E-state index contributed by atoms with van der Waals surface area (Å²) < 4.78 is 72.4. The Morgan fingerprint density at radius 2 is 2.03 bits per heavy atom. The van der Waals surface area contributed by atoms with Gasteiger partial charge in [-0.05, 0) is 43.9 Å². The number of rotatable bonds is 4. The average molecular weight is 572 g/mol. The first-order chi connectivity index (χ1) is 18.6. The molecule has 1 fully saturated rings. The van der Waals surface area contributed by atoms with Gasteiger partial charge in [0.15, 0.2) is 6.23 Å². The topological polar surface area (TPSA) is 81.4 Å².